The largest absolute Gasteiger partial charge is 0.497 e. The average Bonchev–Trinajstić information content (AvgIpc) is 3.32. The number of hydrogen-bond donors (Lipinski definition) is 1. The zero-order chi connectivity index (χ0) is 24.9. The van der Waals surface area contributed by atoms with Gasteiger partial charge in [-0.2, -0.15) is 0 Å². The Morgan fingerprint density at radius 3 is 2.44 bits per heavy atom. The number of aromatic amines is 1. The van der Waals surface area contributed by atoms with Gasteiger partial charge in [-0.3, -0.25) is 9.59 Å². The molecule has 1 fully saturated rings. The highest BCUT2D eigenvalue weighted by atomic mass is 16.5. The molecule has 0 spiro atoms. The van der Waals surface area contributed by atoms with Crippen molar-refractivity contribution in [2.75, 3.05) is 26.7 Å². The van der Waals surface area contributed by atoms with Crippen molar-refractivity contribution >= 4 is 22.7 Å². The number of nitrogens with zero attached hydrogens (tertiary/aromatic N) is 2. The molecule has 2 aliphatic rings. The van der Waals surface area contributed by atoms with Crippen LogP contribution < -0.4 is 4.74 Å². The quantitative estimate of drug-likeness (QED) is 0.460. The van der Waals surface area contributed by atoms with Gasteiger partial charge < -0.3 is 19.5 Å². The summed E-state index contributed by atoms with van der Waals surface area (Å²) in [5.41, 5.74) is 4.06. The van der Waals surface area contributed by atoms with Crippen LogP contribution in [0.4, 0.5) is 0 Å². The number of para-hydroxylation sites is 1. The summed E-state index contributed by atoms with van der Waals surface area (Å²) in [5.74, 6) is 0.687. The monoisotopic (exact) mass is 479 g/mol. The van der Waals surface area contributed by atoms with Crippen LogP contribution >= 0.6 is 0 Å². The first-order valence-electron chi connectivity index (χ1n) is 12.4. The Morgan fingerprint density at radius 2 is 1.69 bits per heavy atom. The molecule has 0 aliphatic carbocycles. The minimum Gasteiger partial charge on any atom is -0.497 e. The maximum atomic E-state index is 14.1. The van der Waals surface area contributed by atoms with Crippen LogP contribution in [0.5, 0.6) is 5.75 Å². The van der Waals surface area contributed by atoms with Crippen LogP contribution in [0.3, 0.4) is 0 Å². The summed E-state index contributed by atoms with van der Waals surface area (Å²) in [5, 5.41) is 1.09. The van der Waals surface area contributed by atoms with Crippen molar-refractivity contribution in [2.24, 2.45) is 0 Å². The standard InChI is InChI=1S/C30H29N3O3/c1-30-28-27(23-10-6-7-11-25(23)31-28)24(21-12-14-22(36-2)15-13-21)18-33(30)26(34)19-32(29(30)35)17-16-20-8-4-3-5-9-20/h3-15,24,31H,16-19H2,1-2H3/t24-,30-/m0/s1. The van der Waals surface area contributed by atoms with Crippen molar-refractivity contribution in [1.29, 1.82) is 0 Å². The molecule has 2 amide bonds. The molecule has 0 unspecified atom stereocenters. The lowest BCUT2D eigenvalue weighted by molar-refractivity contribution is -0.166. The highest BCUT2D eigenvalue weighted by molar-refractivity contribution is 6.01. The van der Waals surface area contributed by atoms with Gasteiger partial charge in [0, 0.05) is 29.9 Å². The Hall–Kier alpha value is -4.06. The molecule has 6 heteroatoms. The summed E-state index contributed by atoms with van der Waals surface area (Å²) in [6.07, 6.45) is 0.712. The molecule has 0 saturated carbocycles. The van der Waals surface area contributed by atoms with E-state index in [0.29, 0.717) is 19.5 Å². The number of nitrogens with one attached hydrogen (secondary N) is 1. The molecule has 6 rings (SSSR count). The molecule has 2 aliphatic heterocycles. The Morgan fingerprint density at radius 1 is 0.972 bits per heavy atom. The predicted octanol–water partition coefficient (Wildman–Crippen LogP) is 4.45. The van der Waals surface area contributed by atoms with E-state index in [1.807, 2.05) is 55.5 Å². The van der Waals surface area contributed by atoms with Gasteiger partial charge in [-0.05, 0) is 48.2 Å². The van der Waals surface area contributed by atoms with Gasteiger partial charge in [-0.15, -0.1) is 0 Å². The molecule has 36 heavy (non-hydrogen) atoms. The van der Waals surface area contributed by atoms with Crippen molar-refractivity contribution in [3.05, 3.63) is 101 Å². The molecule has 0 radical (unpaired) electrons. The highest BCUT2D eigenvalue weighted by Crippen LogP contribution is 2.48. The fraction of sp³-hybridized carbons (Fsp3) is 0.267. The van der Waals surface area contributed by atoms with Gasteiger partial charge in [0.25, 0.3) is 5.91 Å². The Balaban J connectivity index is 1.44. The van der Waals surface area contributed by atoms with E-state index in [-0.39, 0.29) is 24.3 Å². The topological polar surface area (TPSA) is 65.6 Å². The minimum absolute atomic E-state index is 0.0204. The van der Waals surface area contributed by atoms with Crippen molar-refractivity contribution in [1.82, 2.24) is 14.8 Å². The number of methoxy groups -OCH3 is 1. The molecular weight excluding hydrogens is 450 g/mol. The average molecular weight is 480 g/mol. The van der Waals surface area contributed by atoms with Crippen LogP contribution in [-0.4, -0.2) is 53.3 Å². The summed E-state index contributed by atoms with van der Waals surface area (Å²) < 4.78 is 5.36. The molecule has 2 atom stereocenters. The van der Waals surface area contributed by atoms with Gasteiger partial charge in [0.1, 0.15) is 5.75 Å². The summed E-state index contributed by atoms with van der Waals surface area (Å²) >= 11 is 0. The summed E-state index contributed by atoms with van der Waals surface area (Å²) in [6, 6.07) is 26.3. The lowest BCUT2D eigenvalue weighted by Gasteiger charge is -2.51. The number of hydrogen-bond acceptors (Lipinski definition) is 3. The number of rotatable bonds is 5. The third-order valence-corrected chi connectivity index (χ3v) is 7.85. The van der Waals surface area contributed by atoms with E-state index >= 15 is 0 Å². The lowest BCUT2D eigenvalue weighted by Crippen LogP contribution is -2.67. The van der Waals surface area contributed by atoms with E-state index in [0.717, 1.165) is 39.0 Å². The number of benzene rings is 3. The van der Waals surface area contributed by atoms with Crippen molar-refractivity contribution in [3.8, 4) is 5.75 Å². The number of H-pyrrole nitrogens is 1. The molecule has 1 N–H and O–H groups in total. The Bertz CT molecular complexity index is 1440. The Kier molecular flexibility index (Phi) is 5.32. The van der Waals surface area contributed by atoms with Gasteiger partial charge >= 0.3 is 0 Å². The normalized spacial score (nSPS) is 21.4. The second kappa shape index (κ2) is 8.55. The number of piperazine rings is 1. The molecule has 3 aromatic carbocycles. The van der Waals surface area contributed by atoms with Crippen LogP contribution in [-0.2, 0) is 21.5 Å². The van der Waals surface area contributed by atoms with Crippen LogP contribution in [0.1, 0.15) is 35.2 Å². The molecular formula is C30H29N3O3. The van der Waals surface area contributed by atoms with Crippen LogP contribution in [0.25, 0.3) is 10.9 Å². The first-order chi connectivity index (χ1) is 17.5. The molecule has 182 valence electrons. The second-order valence-electron chi connectivity index (χ2n) is 9.82. The van der Waals surface area contributed by atoms with E-state index in [4.69, 9.17) is 4.74 Å². The summed E-state index contributed by atoms with van der Waals surface area (Å²) in [6.45, 7) is 2.97. The van der Waals surface area contributed by atoms with Crippen molar-refractivity contribution in [2.45, 2.75) is 24.8 Å². The van der Waals surface area contributed by atoms with E-state index in [1.54, 1.807) is 16.9 Å². The first-order valence-corrected chi connectivity index (χ1v) is 12.4. The third-order valence-electron chi connectivity index (χ3n) is 7.85. The zero-order valence-corrected chi connectivity index (χ0v) is 20.5. The summed E-state index contributed by atoms with van der Waals surface area (Å²) in [7, 11) is 1.65. The van der Waals surface area contributed by atoms with Crippen LogP contribution in [0.15, 0.2) is 78.9 Å². The fourth-order valence-corrected chi connectivity index (χ4v) is 5.90. The number of carbonyl (C=O) groups excluding carboxylic acids is 2. The number of carbonyl (C=O) groups is 2. The Labute approximate surface area is 210 Å². The molecule has 4 aromatic rings. The molecule has 1 saturated heterocycles. The van der Waals surface area contributed by atoms with Crippen LogP contribution in [0, 0.1) is 0 Å². The number of fused-ring (bicyclic) bond motifs is 5. The summed E-state index contributed by atoms with van der Waals surface area (Å²) in [4.78, 5) is 34.8. The first kappa shape index (κ1) is 22.4. The van der Waals surface area contributed by atoms with Gasteiger partial charge in [-0.25, -0.2) is 0 Å². The van der Waals surface area contributed by atoms with Crippen LogP contribution in [0.2, 0.25) is 0 Å². The smallest absolute Gasteiger partial charge is 0.254 e. The van der Waals surface area contributed by atoms with E-state index < -0.39 is 5.54 Å². The minimum atomic E-state index is -1.08. The maximum Gasteiger partial charge on any atom is 0.254 e. The fourth-order valence-electron chi connectivity index (χ4n) is 5.90. The van der Waals surface area contributed by atoms with Gasteiger partial charge in [0.15, 0.2) is 5.54 Å². The van der Waals surface area contributed by atoms with Crippen molar-refractivity contribution < 1.29 is 14.3 Å². The maximum absolute atomic E-state index is 14.1. The third kappa shape index (κ3) is 3.40. The van der Waals surface area contributed by atoms with E-state index in [1.165, 1.54) is 0 Å². The SMILES string of the molecule is COc1ccc([C@@H]2CN3C(=O)CN(CCc4ccccc4)C(=O)[C@]3(C)c3[nH]c4ccccc4c32)cc1. The number of amides is 2. The second-order valence-corrected chi connectivity index (χ2v) is 9.82. The van der Waals surface area contributed by atoms with Crippen molar-refractivity contribution in [3.63, 3.8) is 0 Å². The van der Waals surface area contributed by atoms with Gasteiger partial charge in [0.2, 0.25) is 5.91 Å². The predicted molar refractivity (Wildman–Crippen MR) is 139 cm³/mol. The number of ether oxygens (including phenoxy) is 1. The molecule has 3 heterocycles. The van der Waals surface area contributed by atoms with E-state index in [2.05, 4.69) is 35.3 Å². The molecule has 0 bridgehead atoms. The number of aromatic nitrogens is 1. The lowest BCUT2D eigenvalue weighted by atomic mass is 9.76. The zero-order valence-electron chi connectivity index (χ0n) is 20.5. The van der Waals surface area contributed by atoms with E-state index in [9.17, 15) is 9.59 Å². The van der Waals surface area contributed by atoms with Gasteiger partial charge in [-0.1, -0.05) is 60.7 Å². The molecule has 6 nitrogen and oxygen atoms in total. The highest BCUT2D eigenvalue weighted by Gasteiger charge is 2.56. The molecule has 1 aromatic heterocycles. The van der Waals surface area contributed by atoms with Gasteiger partial charge in [0.05, 0.1) is 19.3 Å².